The van der Waals surface area contributed by atoms with Crippen LogP contribution in [0.4, 0.5) is 0 Å². The van der Waals surface area contributed by atoms with Gasteiger partial charge in [0.15, 0.2) is 0 Å². The monoisotopic (exact) mass is 244 g/mol. The van der Waals surface area contributed by atoms with E-state index in [1.807, 2.05) is 27.7 Å². The smallest absolute Gasteiger partial charge is 0.311 e. The number of aliphatic hydroxyl groups excluding tert-OH is 1. The fraction of sp³-hybridized carbons (Fsp3) is 0.923. The first kappa shape index (κ1) is 14.5. The number of ether oxygens (including phenoxy) is 2. The van der Waals surface area contributed by atoms with Crippen molar-refractivity contribution in [3.63, 3.8) is 0 Å². The van der Waals surface area contributed by atoms with Crippen LogP contribution in [0.5, 0.6) is 0 Å². The van der Waals surface area contributed by atoms with Gasteiger partial charge in [0.25, 0.3) is 0 Å². The topological polar surface area (TPSA) is 55.8 Å². The zero-order chi connectivity index (χ0) is 13.1. The van der Waals surface area contributed by atoms with Crippen molar-refractivity contribution < 1.29 is 19.4 Å². The molecular weight excluding hydrogens is 220 g/mol. The lowest BCUT2D eigenvalue weighted by molar-refractivity contribution is -0.161. The summed E-state index contributed by atoms with van der Waals surface area (Å²) in [6, 6.07) is 0. The van der Waals surface area contributed by atoms with E-state index in [1.54, 1.807) is 0 Å². The van der Waals surface area contributed by atoms with Crippen LogP contribution in [-0.2, 0) is 14.3 Å². The van der Waals surface area contributed by atoms with E-state index in [0.717, 1.165) is 6.42 Å². The van der Waals surface area contributed by atoms with Crippen LogP contribution >= 0.6 is 0 Å². The molecule has 0 bridgehead atoms. The third-order valence-corrected chi connectivity index (χ3v) is 2.81. The van der Waals surface area contributed by atoms with Crippen LogP contribution in [0.2, 0.25) is 0 Å². The molecule has 0 heterocycles. The van der Waals surface area contributed by atoms with Crippen LogP contribution in [0.3, 0.4) is 0 Å². The van der Waals surface area contributed by atoms with Crippen molar-refractivity contribution in [1.29, 1.82) is 0 Å². The molecule has 0 spiro atoms. The van der Waals surface area contributed by atoms with Crippen LogP contribution in [0.15, 0.2) is 0 Å². The Kier molecular flexibility index (Phi) is 4.95. The summed E-state index contributed by atoms with van der Waals surface area (Å²) in [5.74, 6) is 0.435. The van der Waals surface area contributed by atoms with E-state index in [0.29, 0.717) is 25.0 Å². The van der Waals surface area contributed by atoms with Crippen LogP contribution in [-0.4, -0.2) is 36.5 Å². The fourth-order valence-electron chi connectivity index (χ4n) is 1.60. The summed E-state index contributed by atoms with van der Waals surface area (Å²) in [7, 11) is 0. The second-order valence-corrected chi connectivity index (χ2v) is 5.91. The quantitative estimate of drug-likeness (QED) is 0.721. The van der Waals surface area contributed by atoms with Crippen molar-refractivity contribution in [2.45, 2.75) is 39.7 Å². The molecule has 1 saturated carbocycles. The number of hydrogen-bond donors (Lipinski definition) is 1. The molecule has 1 fully saturated rings. The maximum Gasteiger partial charge on any atom is 0.311 e. The van der Waals surface area contributed by atoms with Gasteiger partial charge in [-0.2, -0.15) is 0 Å². The van der Waals surface area contributed by atoms with Gasteiger partial charge in [-0.1, -0.05) is 0 Å². The lowest BCUT2D eigenvalue weighted by Crippen LogP contribution is -2.29. The van der Waals surface area contributed by atoms with E-state index >= 15 is 0 Å². The molecule has 0 aromatic rings. The molecule has 3 atom stereocenters. The highest BCUT2D eigenvalue weighted by atomic mass is 16.6. The van der Waals surface area contributed by atoms with Gasteiger partial charge in [-0.15, -0.1) is 0 Å². The van der Waals surface area contributed by atoms with Gasteiger partial charge >= 0.3 is 5.97 Å². The molecule has 3 unspecified atom stereocenters. The number of carbonyl (C=O) groups is 1. The molecule has 0 radical (unpaired) electrons. The molecule has 0 amide bonds. The maximum absolute atomic E-state index is 11.6. The van der Waals surface area contributed by atoms with Gasteiger partial charge in [0.2, 0.25) is 0 Å². The minimum atomic E-state index is -0.441. The molecular formula is C13H24O4. The Morgan fingerprint density at radius 1 is 1.41 bits per heavy atom. The van der Waals surface area contributed by atoms with Crippen LogP contribution in [0.1, 0.15) is 34.1 Å². The zero-order valence-corrected chi connectivity index (χ0v) is 11.2. The maximum atomic E-state index is 11.6. The highest BCUT2D eigenvalue weighted by molar-refractivity contribution is 5.72. The van der Waals surface area contributed by atoms with Gasteiger partial charge in [-0.3, -0.25) is 4.79 Å². The van der Waals surface area contributed by atoms with Crippen LogP contribution in [0, 0.1) is 17.8 Å². The first-order valence-electron chi connectivity index (χ1n) is 6.25. The Balaban J connectivity index is 2.12. The molecule has 4 heteroatoms. The lowest BCUT2D eigenvalue weighted by atomic mass is 10.1. The normalized spacial score (nSPS) is 25.5. The third kappa shape index (κ3) is 5.50. The van der Waals surface area contributed by atoms with Crippen molar-refractivity contribution in [2.24, 2.45) is 17.8 Å². The number of esters is 1. The van der Waals surface area contributed by atoms with Crippen molar-refractivity contribution in [3.05, 3.63) is 0 Å². The van der Waals surface area contributed by atoms with E-state index < -0.39 is 5.60 Å². The van der Waals surface area contributed by atoms with Gasteiger partial charge in [0.05, 0.1) is 12.5 Å². The Bertz CT molecular complexity index is 257. The summed E-state index contributed by atoms with van der Waals surface area (Å²) >= 11 is 0. The molecule has 1 aliphatic carbocycles. The predicted octanol–water partition coefficient (Wildman–Crippen LogP) is 1.61. The number of hydrogen-bond acceptors (Lipinski definition) is 4. The number of rotatable bonds is 6. The van der Waals surface area contributed by atoms with E-state index in [4.69, 9.17) is 14.6 Å². The summed E-state index contributed by atoms with van der Waals surface area (Å²) in [4.78, 5) is 11.6. The summed E-state index contributed by atoms with van der Waals surface area (Å²) < 4.78 is 10.7. The van der Waals surface area contributed by atoms with Gasteiger partial charge < -0.3 is 14.6 Å². The summed E-state index contributed by atoms with van der Waals surface area (Å²) in [5.41, 5.74) is -0.441. The van der Waals surface area contributed by atoms with Gasteiger partial charge in [0, 0.05) is 13.2 Å². The number of aliphatic hydroxyl groups is 1. The van der Waals surface area contributed by atoms with Crippen molar-refractivity contribution in [3.8, 4) is 0 Å². The average Bonchev–Trinajstić information content (AvgIpc) is 2.93. The second-order valence-electron chi connectivity index (χ2n) is 5.91. The Morgan fingerprint density at radius 3 is 2.53 bits per heavy atom. The molecule has 4 nitrogen and oxygen atoms in total. The van der Waals surface area contributed by atoms with E-state index in [2.05, 4.69) is 0 Å². The predicted molar refractivity (Wildman–Crippen MR) is 64.5 cm³/mol. The summed E-state index contributed by atoms with van der Waals surface area (Å²) in [6.07, 6.45) is 1.04. The molecule has 1 rings (SSSR count). The van der Waals surface area contributed by atoms with Crippen LogP contribution in [0.25, 0.3) is 0 Å². The fourth-order valence-corrected chi connectivity index (χ4v) is 1.60. The molecule has 1 aliphatic rings. The summed E-state index contributed by atoms with van der Waals surface area (Å²) in [6.45, 7) is 8.65. The lowest BCUT2D eigenvalue weighted by Gasteiger charge is -2.22. The third-order valence-electron chi connectivity index (χ3n) is 2.81. The molecule has 1 N–H and O–H groups in total. The molecule has 0 aromatic carbocycles. The molecule has 17 heavy (non-hydrogen) atoms. The highest BCUT2D eigenvalue weighted by Crippen LogP contribution is 2.37. The average molecular weight is 244 g/mol. The van der Waals surface area contributed by atoms with Gasteiger partial charge in [-0.25, -0.2) is 0 Å². The van der Waals surface area contributed by atoms with Crippen molar-refractivity contribution >= 4 is 5.97 Å². The van der Waals surface area contributed by atoms with E-state index in [9.17, 15) is 4.79 Å². The highest BCUT2D eigenvalue weighted by Gasteiger charge is 2.36. The van der Waals surface area contributed by atoms with Gasteiger partial charge in [-0.05, 0) is 46.0 Å². The minimum Gasteiger partial charge on any atom is -0.460 e. The zero-order valence-electron chi connectivity index (χ0n) is 11.2. The molecule has 0 saturated heterocycles. The van der Waals surface area contributed by atoms with Crippen molar-refractivity contribution in [2.75, 3.05) is 19.8 Å². The Labute approximate surface area is 103 Å². The standard InChI is InChI=1S/C13H24O4/c1-9(12(15)17-13(2,3)4)7-16-8-11-5-10(11)6-14/h9-11,14H,5-8H2,1-4H3. The number of carbonyl (C=O) groups excluding carboxylic acids is 1. The van der Waals surface area contributed by atoms with E-state index in [-0.39, 0.29) is 18.5 Å². The molecule has 100 valence electrons. The SMILES string of the molecule is CC(COCC1CC1CO)C(=O)OC(C)(C)C. The summed E-state index contributed by atoms with van der Waals surface area (Å²) in [5, 5.41) is 8.87. The first-order valence-corrected chi connectivity index (χ1v) is 6.25. The Hall–Kier alpha value is -0.610. The van der Waals surface area contributed by atoms with E-state index in [1.165, 1.54) is 0 Å². The largest absolute Gasteiger partial charge is 0.460 e. The van der Waals surface area contributed by atoms with Crippen LogP contribution < -0.4 is 0 Å². The Morgan fingerprint density at radius 2 is 2.06 bits per heavy atom. The van der Waals surface area contributed by atoms with Crippen molar-refractivity contribution in [1.82, 2.24) is 0 Å². The second kappa shape index (κ2) is 5.83. The molecule has 0 aromatic heterocycles. The minimum absolute atomic E-state index is 0.216. The van der Waals surface area contributed by atoms with Gasteiger partial charge in [0.1, 0.15) is 5.60 Å². The molecule has 0 aliphatic heterocycles. The first-order chi connectivity index (χ1) is 7.83.